The van der Waals surface area contributed by atoms with Crippen LogP contribution in [0.2, 0.25) is 0 Å². The topological polar surface area (TPSA) is 46.2 Å². The maximum absolute atomic E-state index is 13.0. The Labute approximate surface area is 90.4 Å². The second-order valence-electron chi connectivity index (χ2n) is 2.43. The average Bonchev–Trinajstić information content (AvgIpc) is 2.21. The van der Waals surface area contributed by atoms with Crippen LogP contribution in [0.4, 0.5) is 4.39 Å². The first kappa shape index (κ1) is 14.1. The fourth-order valence-corrected chi connectivity index (χ4v) is 2.05. The van der Waals surface area contributed by atoms with Crippen LogP contribution in [-0.2, 0) is 10.0 Å². The van der Waals surface area contributed by atoms with Gasteiger partial charge < -0.3 is 0 Å². The van der Waals surface area contributed by atoms with Crippen molar-refractivity contribution in [3.8, 4) is 0 Å². The minimum Gasteiger partial charge on any atom is -0.211 e. The number of nitrogens with one attached hydrogen (secondary N) is 1. The van der Waals surface area contributed by atoms with Gasteiger partial charge in [-0.05, 0) is 12.1 Å². The van der Waals surface area contributed by atoms with Crippen molar-refractivity contribution in [2.24, 2.45) is 0 Å². The van der Waals surface area contributed by atoms with E-state index in [9.17, 15) is 12.8 Å². The Bertz CT molecular complexity index is 390. The van der Waals surface area contributed by atoms with E-state index in [0.29, 0.717) is 0 Å². The molecule has 0 saturated heterocycles. The normalized spacial score (nSPS) is 10.4. The second-order valence-corrected chi connectivity index (χ2v) is 4.17. The molecule has 0 radical (unpaired) electrons. The molecule has 15 heavy (non-hydrogen) atoms. The highest BCUT2D eigenvalue weighted by atomic mass is 32.2. The number of sulfonamides is 1. The molecule has 0 aliphatic carbocycles. The average molecular weight is 233 g/mol. The lowest BCUT2D eigenvalue weighted by atomic mass is 10.4. The molecule has 0 fully saturated rings. The Kier molecular flexibility index (Phi) is 6.12. The van der Waals surface area contributed by atoms with E-state index < -0.39 is 15.8 Å². The molecular weight excluding hydrogens is 217 g/mol. The molecule has 0 heterocycles. The van der Waals surface area contributed by atoms with Gasteiger partial charge in [-0.2, -0.15) is 0 Å². The number of benzene rings is 1. The van der Waals surface area contributed by atoms with E-state index in [4.69, 9.17) is 0 Å². The van der Waals surface area contributed by atoms with Gasteiger partial charge in [0.05, 0.1) is 0 Å². The van der Waals surface area contributed by atoms with E-state index in [1.54, 1.807) is 6.92 Å². The number of rotatable bonds is 3. The Morgan fingerprint density at radius 2 is 1.80 bits per heavy atom. The minimum absolute atomic E-state index is 0.247. The van der Waals surface area contributed by atoms with Gasteiger partial charge in [-0.1, -0.05) is 32.9 Å². The highest BCUT2D eigenvalue weighted by molar-refractivity contribution is 7.89. The van der Waals surface area contributed by atoms with Gasteiger partial charge >= 0.3 is 0 Å². The van der Waals surface area contributed by atoms with Crippen LogP contribution in [-0.4, -0.2) is 15.0 Å². The van der Waals surface area contributed by atoms with E-state index >= 15 is 0 Å². The summed E-state index contributed by atoms with van der Waals surface area (Å²) in [6, 6.07) is 5.27. The van der Waals surface area contributed by atoms with Crippen molar-refractivity contribution in [2.75, 3.05) is 6.54 Å². The molecule has 1 rings (SSSR count). The standard InChI is InChI=1S/C8H10FNO2S.C2H6/c1-2-10-13(11,12)8-6-4-3-5-7(8)9;1-2/h3-6,10H,2H2,1H3;1-2H3. The quantitative estimate of drug-likeness (QED) is 0.869. The molecule has 3 nitrogen and oxygen atoms in total. The predicted molar refractivity (Wildman–Crippen MR) is 58.6 cm³/mol. The molecule has 0 amide bonds. The number of hydrogen-bond acceptors (Lipinski definition) is 2. The van der Waals surface area contributed by atoms with Crippen LogP contribution in [0.3, 0.4) is 0 Å². The third kappa shape index (κ3) is 3.97. The summed E-state index contributed by atoms with van der Waals surface area (Å²) in [5, 5.41) is 0. The van der Waals surface area contributed by atoms with Gasteiger partial charge in [-0.25, -0.2) is 17.5 Å². The number of halogens is 1. The third-order valence-electron chi connectivity index (χ3n) is 1.46. The lowest BCUT2D eigenvalue weighted by Crippen LogP contribution is -2.23. The first-order valence-electron chi connectivity index (χ1n) is 4.82. The monoisotopic (exact) mass is 233 g/mol. The molecule has 1 aromatic carbocycles. The summed E-state index contributed by atoms with van der Waals surface area (Å²) in [4.78, 5) is -0.308. The van der Waals surface area contributed by atoms with Gasteiger partial charge in [0.1, 0.15) is 10.7 Å². The van der Waals surface area contributed by atoms with Crippen molar-refractivity contribution in [1.29, 1.82) is 0 Å². The SMILES string of the molecule is CC.CCNS(=O)(=O)c1ccccc1F. The van der Waals surface area contributed by atoms with E-state index in [1.165, 1.54) is 18.2 Å². The van der Waals surface area contributed by atoms with Crippen molar-refractivity contribution < 1.29 is 12.8 Å². The smallest absolute Gasteiger partial charge is 0.211 e. The largest absolute Gasteiger partial charge is 0.243 e. The lowest BCUT2D eigenvalue weighted by molar-refractivity contribution is 0.558. The molecule has 0 unspecified atom stereocenters. The van der Waals surface area contributed by atoms with Crippen LogP contribution in [0.15, 0.2) is 29.2 Å². The van der Waals surface area contributed by atoms with Crippen molar-refractivity contribution in [3.05, 3.63) is 30.1 Å². The van der Waals surface area contributed by atoms with Crippen LogP contribution in [0.5, 0.6) is 0 Å². The summed E-state index contributed by atoms with van der Waals surface area (Å²) in [6.07, 6.45) is 0. The maximum Gasteiger partial charge on any atom is 0.243 e. The van der Waals surface area contributed by atoms with Crippen molar-refractivity contribution in [2.45, 2.75) is 25.7 Å². The highest BCUT2D eigenvalue weighted by Gasteiger charge is 2.16. The maximum atomic E-state index is 13.0. The van der Waals surface area contributed by atoms with Crippen LogP contribution in [0.25, 0.3) is 0 Å². The zero-order valence-electron chi connectivity index (χ0n) is 9.12. The molecule has 0 aliphatic rings. The van der Waals surface area contributed by atoms with Gasteiger partial charge in [-0.15, -0.1) is 0 Å². The van der Waals surface area contributed by atoms with E-state index in [2.05, 4.69) is 4.72 Å². The Hall–Kier alpha value is -0.940. The van der Waals surface area contributed by atoms with Gasteiger partial charge in [0.15, 0.2) is 0 Å². The Morgan fingerprint density at radius 3 is 2.27 bits per heavy atom. The third-order valence-corrected chi connectivity index (χ3v) is 3.04. The molecule has 0 aromatic heterocycles. The lowest BCUT2D eigenvalue weighted by Gasteiger charge is -2.04. The van der Waals surface area contributed by atoms with E-state index in [0.717, 1.165) is 6.07 Å². The van der Waals surface area contributed by atoms with Gasteiger partial charge in [-0.3, -0.25) is 0 Å². The van der Waals surface area contributed by atoms with Crippen LogP contribution >= 0.6 is 0 Å². The van der Waals surface area contributed by atoms with Crippen molar-refractivity contribution in [1.82, 2.24) is 4.72 Å². The first-order chi connectivity index (χ1) is 7.08. The van der Waals surface area contributed by atoms with Gasteiger partial charge in [0.25, 0.3) is 0 Å². The molecular formula is C10H16FNO2S. The molecule has 86 valence electrons. The molecule has 0 saturated carbocycles. The summed E-state index contributed by atoms with van der Waals surface area (Å²) < 4.78 is 37.8. The van der Waals surface area contributed by atoms with E-state index in [1.807, 2.05) is 13.8 Å². The van der Waals surface area contributed by atoms with Crippen LogP contribution in [0.1, 0.15) is 20.8 Å². The van der Waals surface area contributed by atoms with E-state index in [-0.39, 0.29) is 11.4 Å². The Morgan fingerprint density at radius 1 is 1.27 bits per heavy atom. The van der Waals surface area contributed by atoms with Gasteiger partial charge in [0, 0.05) is 6.54 Å². The highest BCUT2D eigenvalue weighted by Crippen LogP contribution is 2.12. The summed E-state index contributed by atoms with van der Waals surface area (Å²) >= 11 is 0. The predicted octanol–water partition coefficient (Wildman–Crippen LogP) is 2.15. The van der Waals surface area contributed by atoms with Crippen LogP contribution < -0.4 is 4.72 Å². The minimum atomic E-state index is -3.67. The summed E-state index contributed by atoms with van der Waals surface area (Å²) in [5.74, 6) is -0.733. The molecule has 5 heteroatoms. The zero-order valence-corrected chi connectivity index (χ0v) is 9.94. The Balaban J connectivity index is 0.000000921. The van der Waals surface area contributed by atoms with Crippen molar-refractivity contribution >= 4 is 10.0 Å². The zero-order chi connectivity index (χ0) is 11.9. The summed E-state index contributed by atoms with van der Waals surface area (Å²) in [5.41, 5.74) is 0. The fourth-order valence-electron chi connectivity index (χ4n) is 0.930. The number of hydrogen-bond donors (Lipinski definition) is 1. The molecule has 1 N–H and O–H groups in total. The molecule has 0 bridgehead atoms. The van der Waals surface area contributed by atoms with Crippen LogP contribution in [0, 0.1) is 5.82 Å². The van der Waals surface area contributed by atoms with Gasteiger partial charge in [0.2, 0.25) is 10.0 Å². The molecule has 0 spiro atoms. The molecule has 0 atom stereocenters. The molecule has 0 aliphatic heterocycles. The summed E-state index contributed by atoms with van der Waals surface area (Å²) in [6.45, 7) is 5.88. The summed E-state index contributed by atoms with van der Waals surface area (Å²) in [7, 11) is -3.67. The first-order valence-corrected chi connectivity index (χ1v) is 6.30. The molecule has 1 aromatic rings. The fraction of sp³-hybridized carbons (Fsp3) is 0.400. The second kappa shape index (κ2) is 6.53. The van der Waals surface area contributed by atoms with Crippen molar-refractivity contribution in [3.63, 3.8) is 0 Å².